The number of nitrogens with zero attached hydrogens (tertiary/aromatic N) is 3. The molecule has 22 heavy (non-hydrogen) atoms. The van der Waals surface area contributed by atoms with Gasteiger partial charge in [0.1, 0.15) is 17.3 Å². The van der Waals surface area contributed by atoms with Crippen LogP contribution in [0.3, 0.4) is 0 Å². The van der Waals surface area contributed by atoms with Crippen molar-refractivity contribution in [1.82, 2.24) is 14.5 Å². The second-order valence-corrected chi connectivity index (χ2v) is 4.75. The van der Waals surface area contributed by atoms with Gasteiger partial charge in [0.05, 0.1) is 17.5 Å². The zero-order valence-corrected chi connectivity index (χ0v) is 12.0. The van der Waals surface area contributed by atoms with Crippen molar-refractivity contribution in [2.75, 3.05) is 0 Å². The molecule has 5 heteroatoms. The van der Waals surface area contributed by atoms with Crippen LogP contribution in [0.5, 0.6) is 11.5 Å². The van der Waals surface area contributed by atoms with Crippen LogP contribution in [-0.4, -0.2) is 24.7 Å². The molecule has 110 valence electrons. The van der Waals surface area contributed by atoms with Crippen LogP contribution < -0.4 is 0 Å². The van der Waals surface area contributed by atoms with E-state index in [1.807, 2.05) is 29.8 Å². The Morgan fingerprint density at radius 3 is 2.59 bits per heavy atom. The third-order valence-corrected chi connectivity index (χ3v) is 3.26. The van der Waals surface area contributed by atoms with Crippen molar-refractivity contribution in [3.05, 3.63) is 55.0 Å². The molecule has 0 atom stereocenters. The number of imidazole rings is 1. The summed E-state index contributed by atoms with van der Waals surface area (Å²) in [6, 6.07) is 8.72. The number of hydrogen-bond donors (Lipinski definition) is 2. The summed E-state index contributed by atoms with van der Waals surface area (Å²) in [6.45, 7) is 1.90. The van der Waals surface area contributed by atoms with Crippen molar-refractivity contribution >= 4 is 6.20 Å². The van der Waals surface area contributed by atoms with Crippen molar-refractivity contribution in [3.8, 4) is 34.1 Å². The van der Waals surface area contributed by atoms with Crippen LogP contribution >= 0.6 is 0 Å². The van der Waals surface area contributed by atoms with Gasteiger partial charge in [0.2, 0.25) is 0 Å². The monoisotopic (exact) mass is 293 g/mol. The summed E-state index contributed by atoms with van der Waals surface area (Å²) in [4.78, 5) is 8.42. The number of hydrogen-bond acceptors (Lipinski definition) is 4. The molecule has 0 aliphatic carbocycles. The van der Waals surface area contributed by atoms with Gasteiger partial charge < -0.3 is 14.8 Å². The Bertz CT molecular complexity index is 837. The molecule has 1 aromatic carbocycles. The standard InChI is InChI=1S/C17H15N3O2/c1-2-9-20-11-14(12-7-8-18-10-16(12)22)19-17(20)13-5-3-4-6-15(13)21/h2-11,21-22H,1H3/b9-2-. The Balaban J connectivity index is 2.19. The average molecular weight is 293 g/mol. The Morgan fingerprint density at radius 2 is 1.86 bits per heavy atom. The van der Waals surface area contributed by atoms with Crippen molar-refractivity contribution in [2.24, 2.45) is 0 Å². The van der Waals surface area contributed by atoms with Gasteiger partial charge in [-0.15, -0.1) is 0 Å². The van der Waals surface area contributed by atoms with Gasteiger partial charge in [0.15, 0.2) is 0 Å². The maximum absolute atomic E-state index is 10.1. The molecule has 0 saturated heterocycles. The molecule has 0 saturated carbocycles. The van der Waals surface area contributed by atoms with E-state index in [1.54, 1.807) is 36.7 Å². The van der Waals surface area contributed by atoms with Crippen molar-refractivity contribution < 1.29 is 10.2 Å². The van der Waals surface area contributed by atoms with E-state index in [-0.39, 0.29) is 11.5 Å². The van der Waals surface area contributed by atoms with Gasteiger partial charge in [0.25, 0.3) is 0 Å². The minimum atomic E-state index is 0.0662. The Hall–Kier alpha value is -3.08. The van der Waals surface area contributed by atoms with Crippen LogP contribution in [-0.2, 0) is 0 Å². The molecule has 2 N–H and O–H groups in total. The lowest BCUT2D eigenvalue weighted by Gasteiger charge is -2.04. The second kappa shape index (κ2) is 5.73. The highest BCUT2D eigenvalue weighted by Gasteiger charge is 2.15. The molecule has 0 bridgehead atoms. The first-order valence-electron chi connectivity index (χ1n) is 6.84. The van der Waals surface area contributed by atoms with Gasteiger partial charge in [0, 0.05) is 24.2 Å². The number of pyridine rings is 1. The third kappa shape index (κ3) is 2.44. The second-order valence-electron chi connectivity index (χ2n) is 4.75. The number of rotatable bonds is 3. The van der Waals surface area contributed by atoms with E-state index in [0.29, 0.717) is 22.6 Å². The molecule has 0 aliphatic rings. The van der Waals surface area contributed by atoms with Crippen LogP contribution in [0, 0.1) is 0 Å². The summed E-state index contributed by atoms with van der Waals surface area (Å²) in [5, 5.41) is 20.0. The van der Waals surface area contributed by atoms with E-state index < -0.39 is 0 Å². The van der Waals surface area contributed by atoms with Crippen LogP contribution in [0.25, 0.3) is 28.8 Å². The molecule has 0 fully saturated rings. The van der Waals surface area contributed by atoms with E-state index in [2.05, 4.69) is 9.97 Å². The number of benzene rings is 1. The number of aromatic nitrogens is 3. The Kier molecular flexibility index (Phi) is 3.62. The molecule has 3 rings (SSSR count). The van der Waals surface area contributed by atoms with Crippen LogP contribution in [0.15, 0.2) is 55.0 Å². The number of allylic oxidation sites excluding steroid dienone is 1. The highest BCUT2D eigenvalue weighted by atomic mass is 16.3. The molecule has 0 spiro atoms. The van der Waals surface area contributed by atoms with Crippen molar-refractivity contribution in [2.45, 2.75) is 6.92 Å². The van der Waals surface area contributed by atoms with Crippen LogP contribution in [0.2, 0.25) is 0 Å². The predicted molar refractivity (Wildman–Crippen MR) is 85.2 cm³/mol. The van der Waals surface area contributed by atoms with Gasteiger partial charge in [-0.1, -0.05) is 18.2 Å². The lowest BCUT2D eigenvalue weighted by atomic mass is 10.2. The predicted octanol–water partition coefficient (Wildman–Crippen LogP) is 3.51. The molecule has 0 amide bonds. The number of para-hydroxylation sites is 1. The molecule has 0 radical (unpaired) electrons. The van der Waals surface area contributed by atoms with Crippen LogP contribution in [0.1, 0.15) is 6.92 Å². The fraction of sp³-hybridized carbons (Fsp3) is 0.0588. The zero-order valence-electron chi connectivity index (χ0n) is 12.0. The zero-order chi connectivity index (χ0) is 15.5. The average Bonchev–Trinajstić information content (AvgIpc) is 2.92. The van der Waals surface area contributed by atoms with Crippen molar-refractivity contribution in [3.63, 3.8) is 0 Å². The summed E-state index contributed by atoms with van der Waals surface area (Å²) in [7, 11) is 0. The first-order chi connectivity index (χ1) is 10.7. The van der Waals surface area contributed by atoms with E-state index in [1.165, 1.54) is 6.20 Å². The summed E-state index contributed by atoms with van der Waals surface area (Å²) >= 11 is 0. The molecule has 3 aromatic rings. The van der Waals surface area contributed by atoms with Gasteiger partial charge >= 0.3 is 0 Å². The van der Waals surface area contributed by atoms with E-state index in [9.17, 15) is 10.2 Å². The maximum Gasteiger partial charge on any atom is 0.148 e. The third-order valence-electron chi connectivity index (χ3n) is 3.26. The van der Waals surface area contributed by atoms with Gasteiger partial charge in [-0.2, -0.15) is 0 Å². The lowest BCUT2D eigenvalue weighted by molar-refractivity contribution is 0.474. The number of aromatic hydroxyl groups is 2. The Morgan fingerprint density at radius 1 is 1.05 bits per heavy atom. The smallest absolute Gasteiger partial charge is 0.148 e. The highest BCUT2D eigenvalue weighted by Crippen LogP contribution is 2.33. The lowest BCUT2D eigenvalue weighted by Crippen LogP contribution is -1.90. The van der Waals surface area contributed by atoms with Gasteiger partial charge in [-0.05, 0) is 25.1 Å². The molecule has 0 aliphatic heterocycles. The topological polar surface area (TPSA) is 71.2 Å². The van der Waals surface area contributed by atoms with Crippen molar-refractivity contribution in [1.29, 1.82) is 0 Å². The minimum absolute atomic E-state index is 0.0662. The summed E-state index contributed by atoms with van der Waals surface area (Å²) < 4.78 is 1.81. The van der Waals surface area contributed by atoms with Gasteiger partial charge in [-0.3, -0.25) is 4.98 Å². The number of phenolic OH excluding ortho intramolecular Hbond substituents is 1. The van der Waals surface area contributed by atoms with Gasteiger partial charge in [-0.25, -0.2) is 4.98 Å². The quantitative estimate of drug-likeness (QED) is 0.775. The first kappa shape index (κ1) is 13.9. The molecule has 5 nitrogen and oxygen atoms in total. The van der Waals surface area contributed by atoms with Crippen LogP contribution in [0.4, 0.5) is 0 Å². The molecular weight excluding hydrogens is 278 g/mol. The van der Waals surface area contributed by atoms with E-state index in [4.69, 9.17) is 0 Å². The normalized spacial score (nSPS) is 11.1. The highest BCUT2D eigenvalue weighted by molar-refractivity contribution is 5.73. The summed E-state index contributed by atoms with van der Waals surface area (Å²) in [6.07, 6.45) is 8.50. The minimum Gasteiger partial charge on any atom is -0.507 e. The molecule has 0 unspecified atom stereocenters. The largest absolute Gasteiger partial charge is 0.507 e. The van der Waals surface area contributed by atoms with E-state index >= 15 is 0 Å². The molecular formula is C17H15N3O2. The first-order valence-corrected chi connectivity index (χ1v) is 6.84. The Labute approximate surface area is 127 Å². The molecule has 2 heterocycles. The fourth-order valence-corrected chi connectivity index (χ4v) is 2.26. The van der Waals surface area contributed by atoms with E-state index in [0.717, 1.165) is 0 Å². The maximum atomic E-state index is 10.1. The summed E-state index contributed by atoms with van der Waals surface area (Å²) in [5.41, 5.74) is 1.83. The molecule has 2 aromatic heterocycles. The summed E-state index contributed by atoms with van der Waals surface area (Å²) in [5.74, 6) is 0.822. The fourth-order valence-electron chi connectivity index (χ4n) is 2.26. The SMILES string of the molecule is C/C=C\n1cc(-c2ccncc2O)nc1-c1ccccc1O. The number of phenols is 1.